The quantitative estimate of drug-likeness (QED) is 0.881. The van der Waals surface area contributed by atoms with Gasteiger partial charge in [-0.3, -0.25) is 4.79 Å². The summed E-state index contributed by atoms with van der Waals surface area (Å²) in [5.74, 6) is -0.0336. The first-order valence-corrected chi connectivity index (χ1v) is 8.57. The highest BCUT2D eigenvalue weighted by Crippen LogP contribution is 2.25. The molecule has 0 radical (unpaired) electrons. The second-order valence-corrected chi connectivity index (χ2v) is 7.37. The van der Waals surface area contributed by atoms with E-state index < -0.39 is 0 Å². The minimum absolute atomic E-state index is 0.0217. The summed E-state index contributed by atoms with van der Waals surface area (Å²) >= 11 is 1.61. The maximum Gasteiger partial charge on any atom is 0.226 e. The third kappa shape index (κ3) is 5.15. The number of thiazole rings is 1. The van der Waals surface area contributed by atoms with E-state index in [1.165, 1.54) is 0 Å². The Kier molecular flexibility index (Phi) is 5.91. The van der Waals surface area contributed by atoms with E-state index in [1.54, 1.807) is 18.4 Å². The van der Waals surface area contributed by atoms with Crippen molar-refractivity contribution in [3.63, 3.8) is 0 Å². The average Bonchev–Trinajstić information content (AvgIpc) is 2.97. The first kappa shape index (κ1) is 17.6. The lowest BCUT2D eigenvalue weighted by molar-refractivity contribution is -0.121. The summed E-state index contributed by atoms with van der Waals surface area (Å²) in [5.41, 5.74) is 1.90. The number of hydrogen-bond donors (Lipinski definition) is 1. The fourth-order valence-corrected chi connectivity index (χ4v) is 3.08. The van der Waals surface area contributed by atoms with E-state index in [-0.39, 0.29) is 17.4 Å². The first-order valence-electron chi connectivity index (χ1n) is 7.69. The summed E-state index contributed by atoms with van der Waals surface area (Å²) in [6, 6.07) is 9.88. The smallest absolute Gasteiger partial charge is 0.226 e. The van der Waals surface area contributed by atoms with Crippen molar-refractivity contribution in [3.05, 3.63) is 52.0 Å². The van der Waals surface area contributed by atoms with E-state index in [9.17, 15) is 4.79 Å². The fraction of sp³-hybridized carbons (Fsp3) is 0.444. The SMILES string of the molecule is CO[C@H](CNC(=O)Cc1csc(C(C)(C)C)n1)c1ccccc1. The van der Waals surface area contributed by atoms with Gasteiger partial charge in [-0.25, -0.2) is 4.98 Å². The molecule has 0 aliphatic carbocycles. The molecule has 1 atom stereocenters. The van der Waals surface area contributed by atoms with Crippen molar-refractivity contribution in [3.8, 4) is 0 Å². The maximum atomic E-state index is 12.1. The average molecular weight is 332 g/mol. The highest BCUT2D eigenvalue weighted by molar-refractivity contribution is 7.09. The number of hydrogen-bond acceptors (Lipinski definition) is 4. The maximum absolute atomic E-state index is 12.1. The van der Waals surface area contributed by atoms with E-state index in [1.807, 2.05) is 35.7 Å². The number of nitrogens with one attached hydrogen (secondary N) is 1. The van der Waals surface area contributed by atoms with Crippen LogP contribution in [0.4, 0.5) is 0 Å². The number of carbonyl (C=O) groups is 1. The van der Waals surface area contributed by atoms with E-state index >= 15 is 0 Å². The number of nitrogens with zero attached hydrogens (tertiary/aromatic N) is 1. The number of ether oxygens (including phenoxy) is 1. The van der Waals surface area contributed by atoms with Gasteiger partial charge >= 0.3 is 0 Å². The highest BCUT2D eigenvalue weighted by atomic mass is 32.1. The molecule has 4 nitrogen and oxygen atoms in total. The van der Waals surface area contributed by atoms with Crippen molar-refractivity contribution in [1.29, 1.82) is 0 Å². The molecular weight excluding hydrogens is 308 g/mol. The molecule has 0 unspecified atom stereocenters. The Labute approximate surface area is 141 Å². The van der Waals surface area contributed by atoms with Crippen LogP contribution in [0.25, 0.3) is 0 Å². The first-order chi connectivity index (χ1) is 10.9. The molecule has 1 amide bonds. The van der Waals surface area contributed by atoms with Crippen LogP contribution < -0.4 is 5.32 Å². The summed E-state index contributed by atoms with van der Waals surface area (Å²) in [6.45, 7) is 6.83. The van der Waals surface area contributed by atoms with Gasteiger partial charge in [0, 0.05) is 24.4 Å². The zero-order valence-electron chi connectivity index (χ0n) is 14.1. The van der Waals surface area contributed by atoms with Gasteiger partial charge in [0.05, 0.1) is 23.2 Å². The van der Waals surface area contributed by atoms with E-state index in [4.69, 9.17) is 4.74 Å². The predicted molar refractivity (Wildman–Crippen MR) is 93.7 cm³/mol. The van der Waals surface area contributed by atoms with Crippen LogP contribution in [-0.4, -0.2) is 24.5 Å². The lowest BCUT2D eigenvalue weighted by atomic mass is 9.98. The van der Waals surface area contributed by atoms with Gasteiger partial charge in [-0.1, -0.05) is 51.1 Å². The van der Waals surface area contributed by atoms with Crippen LogP contribution in [0.5, 0.6) is 0 Å². The molecule has 23 heavy (non-hydrogen) atoms. The predicted octanol–water partition coefficient (Wildman–Crippen LogP) is 3.49. The Morgan fingerprint density at radius 3 is 2.57 bits per heavy atom. The number of methoxy groups -OCH3 is 1. The monoisotopic (exact) mass is 332 g/mol. The van der Waals surface area contributed by atoms with Crippen LogP contribution in [0.15, 0.2) is 35.7 Å². The Morgan fingerprint density at radius 1 is 1.30 bits per heavy atom. The van der Waals surface area contributed by atoms with Crippen LogP contribution in [-0.2, 0) is 21.4 Å². The molecule has 2 aromatic rings. The number of rotatable bonds is 6. The molecule has 1 N–H and O–H groups in total. The molecule has 0 aliphatic rings. The molecule has 0 fully saturated rings. The molecule has 1 aromatic carbocycles. The van der Waals surface area contributed by atoms with Crippen LogP contribution in [0, 0.1) is 0 Å². The molecule has 2 rings (SSSR count). The summed E-state index contributed by atoms with van der Waals surface area (Å²) in [7, 11) is 1.65. The number of benzene rings is 1. The van der Waals surface area contributed by atoms with Crippen LogP contribution in [0.1, 0.15) is 43.1 Å². The Balaban J connectivity index is 1.88. The highest BCUT2D eigenvalue weighted by Gasteiger charge is 2.19. The Bertz CT molecular complexity index is 632. The van der Waals surface area contributed by atoms with Crippen molar-refractivity contribution in [2.24, 2.45) is 0 Å². The number of aromatic nitrogens is 1. The summed E-state index contributed by atoms with van der Waals surface area (Å²) in [4.78, 5) is 16.7. The molecule has 0 spiro atoms. The molecular formula is C18H24N2O2S. The van der Waals surface area contributed by atoms with Gasteiger partial charge in [-0.05, 0) is 5.56 Å². The molecule has 1 aromatic heterocycles. The molecule has 0 aliphatic heterocycles. The van der Waals surface area contributed by atoms with Gasteiger partial charge in [-0.2, -0.15) is 0 Å². The molecule has 0 bridgehead atoms. The largest absolute Gasteiger partial charge is 0.375 e. The van der Waals surface area contributed by atoms with Gasteiger partial charge in [0.15, 0.2) is 0 Å². The molecule has 1 heterocycles. The molecule has 5 heteroatoms. The van der Waals surface area contributed by atoms with Gasteiger partial charge in [-0.15, -0.1) is 11.3 Å². The number of carbonyl (C=O) groups excluding carboxylic acids is 1. The van der Waals surface area contributed by atoms with Gasteiger partial charge in [0.25, 0.3) is 0 Å². The lowest BCUT2D eigenvalue weighted by Crippen LogP contribution is -2.30. The minimum atomic E-state index is -0.138. The van der Waals surface area contributed by atoms with Crippen LogP contribution >= 0.6 is 11.3 Å². The summed E-state index contributed by atoms with van der Waals surface area (Å²) in [5, 5.41) is 5.95. The van der Waals surface area contributed by atoms with E-state index in [0.29, 0.717) is 13.0 Å². The van der Waals surface area contributed by atoms with Crippen molar-refractivity contribution in [2.45, 2.75) is 38.7 Å². The van der Waals surface area contributed by atoms with Gasteiger partial charge < -0.3 is 10.1 Å². The third-order valence-corrected chi connectivity index (χ3v) is 4.79. The second kappa shape index (κ2) is 7.70. The second-order valence-electron chi connectivity index (χ2n) is 6.51. The number of amides is 1. The Hall–Kier alpha value is -1.72. The standard InChI is InChI=1S/C18H24N2O2S/c1-18(2,3)17-20-14(12-23-17)10-16(21)19-11-15(22-4)13-8-6-5-7-9-13/h5-9,12,15H,10-11H2,1-4H3,(H,19,21)/t15-/m1/s1. The van der Waals surface area contributed by atoms with Gasteiger partial charge in [0.2, 0.25) is 5.91 Å². The fourth-order valence-electron chi connectivity index (χ4n) is 2.17. The van der Waals surface area contributed by atoms with Crippen molar-refractivity contribution >= 4 is 17.2 Å². The summed E-state index contributed by atoms with van der Waals surface area (Å²) in [6.07, 6.45) is 0.165. The van der Waals surface area contributed by atoms with Crippen molar-refractivity contribution in [1.82, 2.24) is 10.3 Å². The molecule has 124 valence electrons. The van der Waals surface area contributed by atoms with E-state index in [2.05, 4.69) is 31.1 Å². The van der Waals surface area contributed by atoms with Gasteiger partial charge in [0.1, 0.15) is 0 Å². The molecule has 0 saturated heterocycles. The van der Waals surface area contributed by atoms with Crippen LogP contribution in [0.2, 0.25) is 0 Å². The third-order valence-electron chi connectivity index (χ3n) is 3.48. The molecule has 0 saturated carbocycles. The normalized spacial score (nSPS) is 12.9. The van der Waals surface area contributed by atoms with Crippen LogP contribution in [0.3, 0.4) is 0 Å². The lowest BCUT2D eigenvalue weighted by Gasteiger charge is -2.16. The zero-order valence-corrected chi connectivity index (χ0v) is 14.9. The summed E-state index contributed by atoms with van der Waals surface area (Å²) < 4.78 is 5.46. The zero-order chi connectivity index (χ0) is 16.9. The Morgan fingerprint density at radius 2 is 2.00 bits per heavy atom. The minimum Gasteiger partial charge on any atom is -0.375 e. The van der Waals surface area contributed by atoms with E-state index in [0.717, 1.165) is 16.3 Å². The topological polar surface area (TPSA) is 51.2 Å². The van der Waals surface area contributed by atoms with Crippen molar-refractivity contribution in [2.75, 3.05) is 13.7 Å². The van der Waals surface area contributed by atoms with Crippen molar-refractivity contribution < 1.29 is 9.53 Å².